The van der Waals surface area contributed by atoms with Crippen LogP contribution in [0.15, 0.2) is 0 Å². The van der Waals surface area contributed by atoms with E-state index in [0.29, 0.717) is 32.2 Å². The summed E-state index contributed by atoms with van der Waals surface area (Å²) in [7, 11) is 0. The summed E-state index contributed by atoms with van der Waals surface area (Å²) in [6, 6.07) is -2.00. The maximum absolute atomic E-state index is 14.5. The van der Waals surface area contributed by atoms with Gasteiger partial charge >= 0.3 is 0 Å². The fourth-order valence-electron chi connectivity index (χ4n) is 6.08. The van der Waals surface area contributed by atoms with Gasteiger partial charge in [0.05, 0.1) is 12.5 Å². The third kappa shape index (κ3) is 6.30. The molecule has 218 valence electrons. The number of hydrogen-bond donors (Lipinski definition) is 3. The summed E-state index contributed by atoms with van der Waals surface area (Å²) in [5, 5.41) is 6.03. The number of piperidine rings is 1. The molecule has 0 aromatic heterocycles. The Morgan fingerprint density at radius 2 is 1.92 bits per heavy atom. The standard InChI is InChI=1S/C26H38ClF2N5O5/c1-3-14(2)18(31-25(39)26(29)9-10-26)23(37)33-12-15-6-4-8-17(15)19(33)22(36)32-34(24(38)20(27)28)13-16-7-5-11-30-21(16)35/h14-20H,3-13H2,1-2H3,(H,30,35)(H,31,39)(H,32,36)/t14?,15-,16+,17-,18?,19-,20?/m0/s1. The molecule has 0 radical (unpaired) electrons. The van der Waals surface area contributed by atoms with Crippen molar-refractivity contribution in [3.8, 4) is 0 Å². The largest absolute Gasteiger partial charge is 0.356 e. The number of carbonyl (C=O) groups is 5. The summed E-state index contributed by atoms with van der Waals surface area (Å²) in [5.74, 6) is -4.61. The molecule has 4 fully saturated rings. The van der Waals surface area contributed by atoms with Crippen molar-refractivity contribution in [2.75, 3.05) is 19.6 Å². The van der Waals surface area contributed by atoms with E-state index in [4.69, 9.17) is 11.6 Å². The van der Waals surface area contributed by atoms with E-state index in [0.717, 1.165) is 17.9 Å². The highest BCUT2D eigenvalue weighted by molar-refractivity contribution is 6.29. The minimum absolute atomic E-state index is 0.0455. The number of hydrogen-bond acceptors (Lipinski definition) is 5. The summed E-state index contributed by atoms with van der Waals surface area (Å²) < 4.78 is 28.3. The zero-order chi connectivity index (χ0) is 28.5. The quantitative estimate of drug-likeness (QED) is 0.285. The number of nitrogens with one attached hydrogen (secondary N) is 3. The first-order chi connectivity index (χ1) is 18.5. The van der Waals surface area contributed by atoms with Gasteiger partial charge in [0, 0.05) is 13.1 Å². The molecule has 4 aliphatic rings. The summed E-state index contributed by atoms with van der Waals surface area (Å²) >= 11 is 5.43. The second-order valence-electron chi connectivity index (χ2n) is 11.4. The monoisotopic (exact) mass is 573 g/mol. The van der Waals surface area contributed by atoms with Gasteiger partial charge < -0.3 is 15.5 Å². The number of amides is 5. The molecule has 2 heterocycles. The Kier molecular flexibility index (Phi) is 9.02. The second-order valence-corrected chi connectivity index (χ2v) is 11.8. The number of nitrogens with zero attached hydrogens (tertiary/aromatic N) is 2. The van der Waals surface area contributed by atoms with Crippen molar-refractivity contribution < 1.29 is 32.8 Å². The fraction of sp³-hybridized carbons (Fsp3) is 0.808. The van der Waals surface area contributed by atoms with Crippen LogP contribution >= 0.6 is 11.6 Å². The topological polar surface area (TPSA) is 128 Å². The number of hydrazine groups is 1. The van der Waals surface area contributed by atoms with Crippen LogP contribution in [-0.4, -0.2) is 82.5 Å². The van der Waals surface area contributed by atoms with Crippen LogP contribution < -0.4 is 16.1 Å². The third-order valence-corrected chi connectivity index (χ3v) is 8.99. The highest BCUT2D eigenvalue weighted by atomic mass is 35.5. The van der Waals surface area contributed by atoms with Crippen LogP contribution in [0.25, 0.3) is 0 Å². The van der Waals surface area contributed by atoms with Crippen LogP contribution in [0, 0.1) is 23.7 Å². The molecule has 0 aromatic rings. The van der Waals surface area contributed by atoms with Gasteiger partial charge in [0.2, 0.25) is 11.8 Å². The van der Waals surface area contributed by atoms with Crippen molar-refractivity contribution in [2.45, 2.75) is 88.6 Å². The Labute approximate surface area is 231 Å². The van der Waals surface area contributed by atoms with Crippen molar-refractivity contribution >= 4 is 41.1 Å². The van der Waals surface area contributed by atoms with E-state index in [1.165, 1.54) is 4.90 Å². The van der Waals surface area contributed by atoms with Gasteiger partial charge in [0.25, 0.3) is 23.4 Å². The molecule has 3 unspecified atom stereocenters. The van der Waals surface area contributed by atoms with Gasteiger partial charge in [-0.05, 0) is 56.3 Å². The van der Waals surface area contributed by atoms with Gasteiger partial charge in [-0.2, -0.15) is 0 Å². The van der Waals surface area contributed by atoms with Gasteiger partial charge in [-0.25, -0.2) is 13.8 Å². The summed E-state index contributed by atoms with van der Waals surface area (Å²) in [4.78, 5) is 66.4. The number of fused-ring (bicyclic) bond motifs is 1. The van der Waals surface area contributed by atoms with Crippen LogP contribution in [0.4, 0.5) is 8.78 Å². The van der Waals surface area contributed by atoms with Crippen molar-refractivity contribution in [3.63, 3.8) is 0 Å². The molecule has 0 bridgehead atoms. The van der Waals surface area contributed by atoms with Gasteiger partial charge in [-0.1, -0.05) is 38.3 Å². The molecule has 13 heteroatoms. The number of rotatable bonds is 9. The predicted octanol–water partition coefficient (Wildman–Crippen LogP) is 1.57. The van der Waals surface area contributed by atoms with Crippen molar-refractivity contribution in [1.29, 1.82) is 0 Å². The number of alkyl halides is 3. The molecule has 3 N–H and O–H groups in total. The van der Waals surface area contributed by atoms with Crippen molar-refractivity contribution in [2.24, 2.45) is 23.7 Å². The van der Waals surface area contributed by atoms with Crippen molar-refractivity contribution in [1.82, 2.24) is 26.0 Å². The highest BCUT2D eigenvalue weighted by Gasteiger charge is 2.54. The minimum Gasteiger partial charge on any atom is -0.356 e. The van der Waals surface area contributed by atoms with E-state index >= 15 is 0 Å². The fourth-order valence-corrected chi connectivity index (χ4v) is 6.19. The summed E-state index contributed by atoms with van der Waals surface area (Å²) in [6.07, 6.45) is 4.24. The van der Waals surface area contributed by atoms with Crippen LogP contribution in [0.2, 0.25) is 0 Å². The molecule has 7 atom stereocenters. The Morgan fingerprint density at radius 3 is 2.54 bits per heavy atom. The van der Waals surface area contributed by atoms with E-state index in [1.54, 1.807) is 6.92 Å². The lowest BCUT2D eigenvalue weighted by Crippen LogP contribution is -2.60. The number of carbonyl (C=O) groups excluding carboxylic acids is 5. The third-order valence-electron chi connectivity index (χ3n) is 8.80. The molecule has 2 saturated heterocycles. The van der Waals surface area contributed by atoms with Crippen LogP contribution in [0.1, 0.15) is 65.2 Å². The Balaban J connectivity index is 1.55. The van der Waals surface area contributed by atoms with E-state index in [1.807, 2.05) is 6.92 Å². The van der Waals surface area contributed by atoms with Crippen LogP contribution in [0.5, 0.6) is 0 Å². The normalized spacial score (nSPS) is 29.5. The van der Waals surface area contributed by atoms with E-state index in [2.05, 4.69) is 16.1 Å². The predicted molar refractivity (Wildman–Crippen MR) is 137 cm³/mol. The van der Waals surface area contributed by atoms with E-state index < -0.39 is 52.9 Å². The zero-order valence-corrected chi connectivity index (χ0v) is 23.1. The van der Waals surface area contributed by atoms with Gasteiger partial charge in [-0.3, -0.25) is 29.4 Å². The molecule has 0 aromatic carbocycles. The number of likely N-dealkylation sites (tertiary alicyclic amines) is 1. The first-order valence-corrected chi connectivity index (χ1v) is 14.4. The molecule has 39 heavy (non-hydrogen) atoms. The van der Waals surface area contributed by atoms with Crippen LogP contribution in [0.3, 0.4) is 0 Å². The highest BCUT2D eigenvalue weighted by Crippen LogP contribution is 2.43. The summed E-state index contributed by atoms with van der Waals surface area (Å²) in [6.45, 7) is 4.15. The molecule has 2 saturated carbocycles. The van der Waals surface area contributed by atoms with Gasteiger partial charge in [0.15, 0.2) is 5.67 Å². The maximum atomic E-state index is 14.5. The van der Waals surface area contributed by atoms with Crippen LogP contribution in [-0.2, 0) is 24.0 Å². The Hall–Kier alpha value is -2.50. The molecular weight excluding hydrogens is 536 g/mol. The zero-order valence-electron chi connectivity index (χ0n) is 22.4. The molecule has 5 amide bonds. The lowest BCUT2D eigenvalue weighted by molar-refractivity contribution is -0.150. The van der Waals surface area contributed by atoms with Gasteiger partial charge in [-0.15, -0.1) is 0 Å². The Morgan fingerprint density at radius 1 is 1.21 bits per heavy atom. The minimum atomic E-state index is -2.43. The van der Waals surface area contributed by atoms with E-state index in [-0.39, 0.29) is 49.6 Å². The van der Waals surface area contributed by atoms with Crippen molar-refractivity contribution in [3.05, 3.63) is 0 Å². The number of halogens is 3. The Bertz CT molecular complexity index is 996. The average Bonchev–Trinajstić information content (AvgIpc) is 3.33. The first-order valence-electron chi connectivity index (χ1n) is 13.9. The molecule has 2 aliphatic heterocycles. The smallest absolute Gasteiger partial charge is 0.291 e. The average molecular weight is 574 g/mol. The molecule has 4 rings (SSSR count). The lowest BCUT2D eigenvalue weighted by Gasteiger charge is -2.35. The molecule has 0 spiro atoms. The molecule has 2 aliphatic carbocycles. The van der Waals surface area contributed by atoms with Gasteiger partial charge in [0.1, 0.15) is 12.1 Å². The molecule has 10 nitrogen and oxygen atoms in total. The first kappa shape index (κ1) is 29.5. The SMILES string of the molecule is CCC(C)C(NC(=O)C1(F)CC1)C(=O)N1C[C@@H]2CCC[C@@H]2[C@H]1C(=O)NN(C[C@H]1CCCNC1=O)C(=O)C(F)Cl. The lowest BCUT2D eigenvalue weighted by atomic mass is 9.93. The second kappa shape index (κ2) is 11.9. The molecular formula is C26H38ClF2N5O5. The summed E-state index contributed by atoms with van der Waals surface area (Å²) in [5.41, 5.74) is -1.93. The maximum Gasteiger partial charge on any atom is 0.291 e. The van der Waals surface area contributed by atoms with E-state index in [9.17, 15) is 32.8 Å².